The molecule has 2 amide bonds. The van der Waals surface area contributed by atoms with Gasteiger partial charge < -0.3 is 45.1 Å². The van der Waals surface area contributed by atoms with Gasteiger partial charge in [-0.1, -0.05) is 116 Å². The van der Waals surface area contributed by atoms with Gasteiger partial charge in [-0.05, 0) is 64.2 Å². The van der Waals surface area contributed by atoms with Crippen LogP contribution in [0.25, 0.3) is 11.1 Å². The van der Waals surface area contributed by atoms with Crippen LogP contribution in [0, 0.1) is 5.92 Å². The van der Waals surface area contributed by atoms with Crippen molar-refractivity contribution in [3.05, 3.63) is 161 Å². The number of amides is 2. The Balaban J connectivity index is 1.12. The van der Waals surface area contributed by atoms with Crippen LogP contribution in [0.1, 0.15) is 58.8 Å². The van der Waals surface area contributed by atoms with Crippen LogP contribution in [0.2, 0.25) is 0 Å². The van der Waals surface area contributed by atoms with Gasteiger partial charge in [-0.15, -0.1) is 0 Å². The molecule has 0 unspecified atom stereocenters. The van der Waals surface area contributed by atoms with Crippen LogP contribution < -0.4 is 10.6 Å². The van der Waals surface area contributed by atoms with E-state index in [4.69, 9.17) is 14.2 Å². The lowest BCUT2D eigenvalue weighted by Gasteiger charge is -2.42. The first kappa shape index (κ1) is 41.1. The monoisotopic (exact) mass is 773 g/mol. The maximum Gasteiger partial charge on any atom is 0.328 e. The van der Waals surface area contributed by atoms with E-state index in [0.29, 0.717) is 25.1 Å². The van der Waals surface area contributed by atoms with Crippen LogP contribution in [0.5, 0.6) is 5.75 Å². The summed E-state index contributed by atoms with van der Waals surface area (Å²) >= 11 is 0. The number of aromatic hydroxyl groups is 1. The molecule has 11 nitrogen and oxygen atoms in total. The number of methoxy groups -OCH3 is 1. The van der Waals surface area contributed by atoms with Gasteiger partial charge in [-0.3, -0.25) is 0 Å². The zero-order valence-corrected chi connectivity index (χ0v) is 32.5. The molecule has 6 atom stereocenters. The average molecular weight is 774 g/mol. The standard InChI is InChI=1S/C46H51N3O8/c1-30-42(28-49(2)27-41(52)38-13-8-14-39(51)25-38)56-45(57-43(30)35-17-15-32(29-50)16-18-35)36-21-19-34(20-22-36)37-12-7-11-33(23-37)26-47-46(54)48-40(44(53)55-3)24-31-9-5-4-6-10-31/h4-23,25,30,40-43,45,50-52H,24,26-29H2,1-3H3,(H2,47,48,54)/t30-,40+,41-,42+,43+,45+/m1/s1. The minimum atomic E-state index is -0.829. The van der Waals surface area contributed by atoms with Crippen LogP contribution in [0.3, 0.4) is 0 Å². The lowest BCUT2D eigenvalue weighted by atomic mass is 9.90. The summed E-state index contributed by atoms with van der Waals surface area (Å²) in [5.41, 5.74) is 7.00. The number of nitrogens with one attached hydrogen (secondary N) is 2. The summed E-state index contributed by atoms with van der Waals surface area (Å²) in [5.74, 6) is -0.459. The van der Waals surface area contributed by atoms with Gasteiger partial charge in [0, 0.05) is 37.5 Å². The van der Waals surface area contributed by atoms with Crippen molar-refractivity contribution in [2.75, 3.05) is 27.2 Å². The molecule has 1 aliphatic rings. The van der Waals surface area contributed by atoms with Gasteiger partial charge in [0.05, 0.1) is 32.0 Å². The Hall–Kier alpha value is -5.56. The van der Waals surface area contributed by atoms with E-state index in [1.165, 1.54) is 7.11 Å². The highest BCUT2D eigenvalue weighted by molar-refractivity contribution is 5.83. The second kappa shape index (κ2) is 19.5. The van der Waals surface area contributed by atoms with Gasteiger partial charge in [0.15, 0.2) is 6.29 Å². The third-order valence-corrected chi connectivity index (χ3v) is 10.3. The predicted molar refractivity (Wildman–Crippen MR) is 217 cm³/mol. The van der Waals surface area contributed by atoms with Crippen molar-refractivity contribution in [3.63, 3.8) is 0 Å². The van der Waals surface area contributed by atoms with Gasteiger partial charge in [-0.2, -0.15) is 0 Å². The largest absolute Gasteiger partial charge is 0.508 e. The molecule has 1 aliphatic heterocycles. The van der Waals surface area contributed by atoms with Crippen LogP contribution >= 0.6 is 0 Å². The number of aliphatic hydroxyl groups excluding tert-OH is 2. The number of urea groups is 1. The minimum Gasteiger partial charge on any atom is -0.508 e. The van der Waals surface area contributed by atoms with Crippen molar-refractivity contribution in [2.45, 2.75) is 57.1 Å². The van der Waals surface area contributed by atoms with E-state index >= 15 is 0 Å². The zero-order chi connectivity index (χ0) is 40.3. The molecule has 0 aromatic heterocycles. The van der Waals surface area contributed by atoms with E-state index in [2.05, 4.69) is 17.6 Å². The molecule has 57 heavy (non-hydrogen) atoms. The van der Waals surface area contributed by atoms with Crippen LogP contribution in [0.15, 0.2) is 127 Å². The minimum absolute atomic E-state index is 0.0458. The number of likely N-dealkylation sites (N-methyl/N-ethyl adjacent to an activating group) is 1. The van der Waals surface area contributed by atoms with Gasteiger partial charge in [0.1, 0.15) is 11.8 Å². The Bertz CT molecular complexity index is 2060. The number of esters is 1. The number of nitrogens with zero attached hydrogens (tertiary/aromatic N) is 1. The Kier molecular flexibility index (Phi) is 14.1. The zero-order valence-electron chi connectivity index (χ0n) is 32.5. The van der Waals surface area contributed by atoms with Crippen molar-refractivity contribution < 1.29 is 39.1 Å². The lowest BCUT2D eigenvalue weighted by Crippen LogP contribution is -2.47. The number of hydrogen-bond acceptors (Lipinski definition) is 9. The summed E-state index contributed by atoms with van der Waals surface area (Å²) in [7, 11) is 3.24. The van der Waals surface area contributed by atoms with Gasteiger partial charge in [-0.25, -0.2) is 9.59 Å². The first-order valence-electron chi connectivity index (χ1n) is 19.1. The normalized spacial score (nSPS) is 19.1. The second-order valence-electron chi connectivity index (χ2n) is 14.6. The van der Waals surface area contributed by atoms with Gasteiger partial charge >= 0.3 is 12.0 Å². The summed E-state index contributed by atoms with van der Waals surface area (Å²) in [6.45, 7) is 3.17. The summed E-state index contributed by atoms with van der Waals surface area (Å²) in [6, 6.07) is 38.5. The number of ether oxygens (including phenoxy) is 3. The highest BCUT2D eigenvalue weighted by Gasteiger charge is 2.39. The molecule has 0 bridgehead atoms. The molecule has 0 aliphatic carbocycles. The molecule has 1 saturated heterocycles. The van der Waals surface area contributed by atoms with E-state index in [1.54, 1.807) is 24.3 Å². The number of rotatable bonds is 15. The smallest absolute Gasteiger partial charge is 0.328 e. The van der Waals surface area contributed by atoms with E-state index in [9.17, 15) is 24.9 Å². The second-order valence-corrected chi connectivity index (χ2v) is 14.6. The molecule has 5 aromatic carbocycles. The molecule has 1 fully saturated rings. The summed E-state index contributed by atoms with van der Waals surface area (Å²) in [6.07, 6.45) is -1.71. The number of benzene rings is 5. The summed E-state index contributed by atoms with van der Waals surface area (Å²) in [4.78, 5) is 27.3. The molecule has 0 saturated carbocycles. The number of hydrogen-bond donors (Lipinski definition) is 5. The molecule has 5 aromatic rings. The van der Waals surface area contributed by atoms with Crippen molar-refractivity contribution in [2.24, 2.45) is 5.92 Å². The Morgan fingerprint density at radius 3 is 2.21 bits per heavy atom. The Morgan fingerprint density at radius 2 is 1.51 bits per heavy atom. The number of carbonyl (C=O) groups is 2. The van der Waals surface area contributed by atoms with Crippen LogP contribution in [0.4, 0.5) is 4.79 Å². The SMILES string of the molecule is COC(=O)[C@H](Cc1ccccc1)NC(=O)NCc1cccc(-c2ccc([C@H]3O[C@@H](CN(C)C[C@@H](O)c4cccc(O)c4)[C@@H](C)[C@@H](c4ccc(CO)cc4)O3)cc2)c1. The van der Waals surface area contributed by atoms with E-state index in [1.807, 2.05) is 115 Å². The van der Waals surface area contributed by atoms with Crippen molar-refractivity contribution in [1.82, 2.24) is 15.5 Å². The average Bonchev–Trinajstić information content (AvgIpc) is 3.23. The fraction of sp³-hybridized carbons (Fsp3) is 0.304. The molecule has 0 radical (unpaired) electrons. The predicted octanol–water partition coefficient (Wildman–Crippen LogP) is 6.59. The number of carbonyl (C=O) groups excluding carboxylic acids is 2. The molecule has 11 heteroatoms. The highest BCUT2D eigenvalue weighted by Crippen LogP contribution is 2.42. The molecular formula is C46H51N3O8. The fourth-order valence-corrected chi connectivity index (χ4v) is 7.11. The number of aliphatic hydroxyl groups is 2. The van der Waals surface area contributed by atoms with Crippen LogP contribution in [-0.2, 0) is 38.6 Å². The van der Waals surface area contributed by atoms with Crippen molar-refractivity contribution >= 4 is 12.0 Å². The molecule has 298 valence electrons. The maximum absolute atomic E-state index is 12.9. The maximum atomic E-state index is 12.9. The van der Waals surface area contributed by atoms with Crippen molar-refractivity contribution in [3.8, 4) is 16.9 Å². The third-order valence-electron chi connectivity index (χ3n) is 10.3. The van der Waals surface area contributed by atoms with Crippen LogP contribution in [-0.4, -0.2) is 71.6 Å². The van der Waals surface area contributed by atoms with Gasteiger partial charge in [0.25, 0.3) is 0 Å². The van der Waals surface area contributed by atoms with E-state index in [-0.39, 0.29) is 37.0 Å². The van der Waals surface area contributed by atoms with E-state index in [0.717, 1.165) is 38.9 Å². The Morgan fingerprint density at radius 1 is 0.807 bits per heavy atom. The quantitative estimate of drug-likeness (QED) is 0.0743. The highest BCUT2D eigenvalue weighted by atomic mass is 16.7. The molecule has 0 spiro atoms. The molecule has 6 rings (SSSR count). The first-order valence-corrected chi connectivity index (χ1v) is 19.1. The summed E-state index contributed by atoms with van der Waals surface area (Å²) in [5, 5.41) is 36.1. The third kappa shape index (κ3) is 11.1. The molecular weight excluding hydrogens is 723 g/mol. The number of phenols is 1. The van der Waals surface area contributed by atoms with Crippen molar-refractivity contribution in [1.29, 1.82) is 0 Å². The lowest BCUT2D eigenvalue weighted by molar-refractivity contribution is -0.276. The summed E-state index contributed by atoms with van der Waals surface area (Å²) < 4.78 is 18.3. The van der Waals surface area contributed by atoms with E-state index < -0.39 is 30.4 Å². The molecule has 1 heterocycles. The Labute approximate surface area is 333 Å². The van der Waals surface area contributed by atoms with Gasteiger partial charge in [0.2, 0.25) is 0 Å². The molecule has 5 N–H and O–H groups in total. The topological polar surface area (TPSA) is 150 Å². The first-order chi connectivity index (χ1) is 27.6. The number of phenolic OH excluding ortho intramolecular Hbond substituents is 1. The fourth-order valence-electron chi connectivity index (χ4n) is 7.11.